The third-order valence-corrected chi connectivity index (χ3v) is 5.55. The van der Waals surface area contributed by atoms with Crippen LogP contribution in [0.25, 0.3) is 10.9 Å². The minimum absolute atomic E-state index is 0.141. The third-order valence-electron chi connectivity index (χ3n) is 5.55. The van der Waals surface area contributed by atoms with Crippen molar-refractivity contribution >= 4 is 22.7 Å². The Morgan fingerprint density at radius 3 is 2.09 bits per heavy atom. The number of amides is 2. The van der Waals surface area contributed by atoms with Crippen LogP contribution in [-0.2, 0) is 35.8 Å². The second kappa shape index (κ2) is 11.2. The number of hydrogen-bond donors (Lipinski definition) is 2. The van der Waals surface area contributed by atoms with E-state index in [2.05, 4.69) is 10.6 Å². The topological polar surface area (TPSA) is 128 Å². The first-order valence-electron chi connectivity index (χ1n) is 11.3. The van der Waals surface area contributed by atoms with Gasteiger partial charge >= 0.3 is 5.69 Å². The van der Waals surface area contributed by atoms with Crippen LogP contribution in [0.2, 0.25) is 0 Å². The first kappa shape index (κ1) is 23.8. The highest BCUT2D eigenvalue weighted by Gasteiger charge is 2.15. The zero-order valence-corrected chi connectivity index (χ0v) is 19.1. The molecule has 0 aliphatic rings. The van der Waals surface area contributed by atoms with E-state index < -0.39 is 11.2 Å². The Labute approximate surface area is 200 Å². The fourth-order valence-electron chi connectivity index (χ4n) is 3.76. The summed E-state index contributed by atoms with van der Waals surface area (Å²) in [6.45, 7) is 0.403. The van der Waals surface area contributed by atoms with Gasteiger partial charge in [0.25, 0.3) is 5.56 Å². The van der Waals surface area contributed by atoms with Crippen molar-refractivity contribution in [3.05, 3.63) is 93.4 Å². The Kier molecular flexibility index (Phi) is 7.61. The number of benzene rings is 1. The van der Waals surface area contributed by atoms with Crippen molar-refractivity contribution < 1.29 is 18.4 Å². The fourth-order valence-corrected chi connectivity index (χ4v) is 3.76. The van der Waals surface area contributed by atoms with Crippen LogP contribution in [0.3, 0.4) is 0 Å². The molecular weight excluding hydrogens is 452 g/mol. The summed E-state index contributed by atoms with van der Waals surface area (Å²) in [7, 11) is 0. The first-order valence-corrected chi connectivity index (χ1v) is 11.3. The summed E-state index contributed by atoms with van der Waals surface area (Å²) in [6, 6.07) is 13.7. The normalized spacial score (nSPS) is 11.0. The highest BCUT2D eigenvalue weighted by atomic mass is 16.3. The lowest BCUT2D eigenvalue weighted by Gasteiger charge is -2.14. The third kappa shape index (κ3) is 5.97. The van der Waals surface area contributed by atoms with Crippen molar-refractivity contribution in [3.8, 4) is 0 Å². The number of carbonyl (C=O) groups is 2. The Hall–Kier alpha value is -4.34. The maximum atomic E-state index is 13.2. The zero-order valence-electron chi connectivity index (χ0n) is 19.1. The monoisotopic (exact) mass is 478 g/mol. The molecule has 4 aromatic rings. The van der Waals surface area contributed by atoms with Crippen LogP contribution in [0, 0.1) is 0 Å². The Morgan fingerprint density at radius 1 is 0.771 bits per heavy atom. The van der Waals surface area contributed by atoms with E-state index in [0.717, 1.165) is 4.57 Å². The number of furan rings is 2. The summed E-state index contributed by atoms with van der Waals surface area (Å²) in [5.41, 5.74) is -0.589. The summed E-state index contributed by atoms with van der Waals surface area (Å²) in [5, 5.41) is 5.83. The molecule has 4 rings (SSSR count). The van der Waals surface area contributed by atoms with Gasteiger partial charge in [-0.25, -0.2) is 4.79 Å². The average Bonchev–Trinajstić information content (AvgIpc) is 3.58. The van der Waals surface area contributed by atoms with E-state index in [1.165, 1.54) is 17.1 Å². The van der Waals surface area contributed by atoms with Gasteiger partial charge in [-0.15, -0.1) is 0 Å². The molecule has 0 fully saturated rings. The highest BCUT2D eigenvalue weighted by Crippen LogP contribution is 2.08. The highest BCUT2D eigenvalue weighted by molar-refractivity contribution is 5.81. The number of carbonyl (C=O) groups excluding carboxylic acids is 2. The molecule has 0 bridgehead atoms. The molecule has 1 aromatic carbocycles. The van der Waals surface area contributed by atoms with Crippen molar-refractivity contribution in [2.75, 3.05) is 0 Å². The molecule has 2 N–H and O–H groups in total. The number of hydrogen-bond acceptors (Lipinski definition) is 6. The maximum Gasteiger partial charge on any atom is 0.331 e. The van der Waals surface area contributed by atoms with Crippen molar-refractivity contribution in [2.45, 2.75) is 45.4 Å². The second-order valence-electron chi connectivity index (χ2n) is 8.01. The van der Waals surface area contributed by atoms with E-state index in [9.17, 15) is 19.2 Å². The lowest BCUT2D eigenvalue weighted by Crippen LogP contribution is -2.42. The van der Waals surface area contributed by atoms with Crippen LogP contribution >= 0.6 is 0 Å². The molecule has 0 aliphatic carbocycles. The Balaban J connectivity index is 1.41. The molecule has 35 heavy (non-hydrogen) atoms. The van der Waals surface area contributed by atoms with Gasteiger partial charge in [0.2, 0.25) is 11.8 Å². The van der Waals surface area contributed by atoms with Gasteiger partial charge in [0.15, 0.2) is 0 Å². The molecular formula is C25H26N4O6. The zero-order chi connectivity index (χ0) is 24.6. The van der Waals surface area contributed by atoms with E-state index in [1.807, 2.05) is 0 Å². The van der Waals surface area contributed by atoms with E-state index in [1.54, 1.807) is 48.5 Å². The lowest BCUT2D eigenvalue weighted by atomic mass is 10.2. The van der Waals surface area contributed by atoms with E-state index in [0.29, 0.717) is 41.8 Å². The Morgan fingerprint density at radius 2 is 1.43 bits per heavy atom. The van der Waals surface area contributed by atoms with Crippen molar-refractivity contribution in [1.29, 1.82) is 0 Å². The number of rotatable bonds is 11. The summed E-state index contributed by atoms with van der Waals surface area (Å²) in [5.74, 6) is 0.730. The van der Waals surface area contributed by atoms with E-state index in [-0.39, 0.29) is 37.9 Å². The lowest BCUT2D eigenvalue weighted by molar-refractivity contribution is -0.122. The number of aromatic nitrogens is 2. The van der Waals surface area contributed by atoms with Gasteiger partial charge < -0.3 is 19.5 Å². The standard InChI is InChI=1S/C25H26N4O6/c30-22(26-15-18-7-5-13-34-18)11-3-4-12-28-24(32)20-9-1-2-10-21(20)29(25(28)33)17-23(31)27-16-19-8-6-14-35-19/h1-2,5-10,13-14H,3-4,11-12,15-17H2,(H,26,30)(H,27,31). The number of nitrogens with zero attached hydrogens (tertiary/aromatic N) is 2. The van der Waals surface area contributed by atoms with Crippen LogP contribution in [0.4, 0.5) is 0 Å². The van der Waals surface area contributed by atoms with Crippen LogP contribution in [-0.4, -0.2) is 20.9 Å². The quantitative estimate of drug-likeness (QED) is 0.318. The molecule has 0 unspecified atom stereocenters. The number of fused-ring (bicyclic) bond motifs is 1. The molecule has 0 saturated carbocycles. The van der Waals surface area contributed by atoms with Crippen LogP contribution < -0.4 is 21.9 Å². The smallest absolute Gasteiger partial charge is 0.331 e. The van der Waals surface area contributed by atoms with Gasteiger partial charge in [-0.1, -0.05) is 12.1 Å². The number of unbranched alkanes of at least 4 members (excludes halogenated alkanes) is 1. The van der Waals surface area contributed by atoms with Gasteiger partial charge in [-0.3, -0.25) is 23.5 Å². The van der Waals surface area contributed by atoms with Crippen molar-refractivity contribution in [1.82, 2.24) is 19.8 Å². The molecule has 0 atom stereocenters. The van der Waals surface area contributed by atoms with E-state index >= 15 is 0 Å². The minimum Gasteiger partial charge on any atom is -0.467 e. The average molecular weight is 479 g/mol. The van der Waals surface area contributed by atoms with Gasteiger partial charge in [-0.05, 0) is 49.2 Å². The second-order valence-corrected chi connectivity index (χ2v) is 8.01. The molecule has 2 amide bonds. The predicted octanol–water partition coefficient (Wildman–Crippen LogP) is 2.15. The molecule has 182 valence electrons. The molecule has 0 radical (unpaired) electrons. The van der Waals surface area contributed by atoms with Gasteiger partial charge in [0.05, 0.1) is 36.5 Å². The van der Waals surface area contributed by atoms with Gasteiger partial charge in [0, 0.05) is 13.0 Å². The summed E-state index contributed by atoms with van der Waals surface area (Å²) in [4.78, 5) is 50.7. The molecule has 0 aliphatic heterocycles. The van der Waals surface area contributed by atoms with Crippen LogP contribution in [0.1, 0.15) is 30.8 Å². The minimum atomic E-state index is -0.566. The Bertz CT molecular complexity index is 1400. The molecule has 10 heteroatoms. The van der Waals surface area contributed by atoms with Gasteiger partial charge in [0.1, 0.15) is 18.1 Å². The predicted molar refractivity (Wildman–Crippen MR) is 127 cm³/mol. The molecule has 3 aromatic heterocycles. The van der Waals surface area contributed by atoms with E-state index in [4.69, 9.17) is 8.83 Å². The molecule has 0 saturated heterocycles. The maximum absolute atomic E-state index is 13.2. The fraction of sp³-hybridized carbons (Fsp3) is 0.280. The summed E-state index contributed by atoms with van der Waals surface area (Å²) < 4.78 is 12.8. The number of nitrogens with one attached hydrogen (secondary N) is 2. The largest absolute Gasteiger partial charge is 0.467 e. The SMILES string of the molecule is O=C(CCCCn1c(=O)c2ccccc2n(CC(=O)NCc2ccco2)c1=O)NCc1ccco1. The summed E-state index contributed by atoms with van der Waals surface area (Å²) in [6.07, 6.45) is 4.25. The molecule has 10 nitrogen and oxygen atoms in total. The van der Waals surface area contributed by atoms with Crippen LogP contribution in [0.5, 0.6) is 0 Å². The summed E-state index contributed by atoms with van der Waals surface area (Å²) >= 11 is 0. The molecule has 0 spiro atoms. The molecule has 3 heterocycles. The van der Waals surface area contributed by atoms with Crippen molar-refractivity contribution in [2.24, 2.45) is 0 Å². The van der Waals surface area contributed by atoms with Crippen LogP contribution in [0.15, 0.2) is 79.5 Å². The van der Waals surface area contributed by atoms with Crippen molar-refractivity contribution in [3.63, 3.8) is 0 Å². The first-order chi connectivity index (χ1) is 17.0. The number of para-hydroxylation sites is 1. The van der Waals surface area contributed by atoms with Gasteiger partial charge in [-0.2, -0.15) is 0 Å².